The van der Waals surface area contributed by atoms with Crippen LogP contribution in [-0.2, 0) is 0 Å². The van der Waals surface area contributed by atoms with Gasteiger partial charge in [0.2, 0.25) is 0 Å². The fraction of sp³-hybridized carbons (Fsp3) is 0.176. The first kappa shape index (κ1) is 17.0. The van der Waals surface area contributed by atoms with E-state index in [9.17, 15) is 14.9 Å². The van der Waals surface area contributed by atoms with Crippen LogP contribution in [0.5, 0.6) is 0 Å². The molecule has 24 heavy (non-hydrogen) atoms. The van der Waals surface area contributed by atoms with Gasteiger partial charge >= 0.3 is 6.03 Å². The highest BCUT2D eigenvalue weighted by Crippen LogP contribution is 2.23. The van der Waals surface area contributed by atoms with Gasteiger partial charge in [0.25, 0.3) is 5.69 Å². The largest absolute Gasteiger partial charge is 0.322 e. The fourth-order valence-corrected chi connectivity index (χ4v) is 2.14. The lowest BCUT2D eigenvalue weighted by atomic mass is 10.1. The van der Waals surface area contributed by atoms with E-state index < -0.39 is 4.92 Å². The zero-order valence-corrected chi connectivity index (χ0v) is 13.3. The first-order valence-corrected chi connectivity index (χ1v) is 7.20. The third kappa shape index (κ3) is 3.87. The van der Waals surface area contributed by atoms with Crippen LogP contribution in [0.2, 0.25) is 0 Å². The zero-order valence-electron chi connectivity index (χ0n) is 13.3. The molecule has 1 N–H and O–H groups in total. The molecule has 0 spiro atoms. The maximum absolute atomic E-state index is 12.3. The molecule has 2 aromatic carbocycles. The average molecular weight is 324 g/mol. The Labute approximate surface area is 139 Å². The molecule has 0 aliphatic carbocycles. The van der Waals surface area contributed by atoms with Crippen molar-refractivity contribution in [1.82, 2.24) is 4.90 Å². The number of nitriles is 1. The molecule has 0 bridgehead atoms. The van der Waals surface area contributed by atoms with Gasteiger partial charge in [-0.15, -0.1) is 0 Å². The number of hydrogen-bond donors (Lipinski definition) is 1. The number of nitrogens with zero attached hydrogens (tertiary/aromatic N) is 3. The van der Waals surface area contributed by atoms with Crippen molar-refractivity contribution in [2.45, 2.75) is 13.0 Å². The molecule has 7 nitrogen and oxygen atoms in total. The molecule has 0 aliphatic heterocycles. The Morgan fingerprint density at radius 3 is 2.54 bits per heavy atom. The van der Waals surface area contributed by atoms with Gasteiger partial charge in [-0.3, -0.25) is 10.1 Å². The Balaban J connectivity index is 2.10. The van der Waals surface area contributed by atoms with Crippen LogP contribution in [0.25, 0.3) is 0 Å². The predicted molar refractivity (Wildman–Crippen MR) is 89.5 cm³/mol. The van der Waals surface area contributed by atoms with E-state index in [4.69, 9.17) is 5.26 Å². The molecular formula is C17H16N4O3. The van der Waals surface area contributed by atoms with Gasteiger partial charge in [0.15, 0.2) is 0 Å². The smallest absolute Gasteiger partial charge is 0.321 e. The van der Waals surface area contributed by atoms with Gasteiger partial charge in [0.05, 0.1) is 22.6 Å². The number of carbonyl (C=O) groups is 1. The Morgan fingerprint density at radius 2 is 1.96 bits per heavy atom. The van der Waals surface area contributed by atoms with Crippen molar-refractivity contribution >= 4 is 17.4 Å². The van der Waals surface area contributed by atoms with E-state index in [-0.39, 0.29) is 17.8 Å². The molecule has 0 aliphatic rings. The highest BCUT2D eigenvalue weighted by atomic mass is 16.6. The average Bonchev–Trinajstić information content (AvgIpc) is 2.61. The van der Waals surface area contributed by atoms with Crippen molar-refractivity contribution in [3.05, 3.63) is 69.8 Å². The van der Waals surface area contributed by atoms with Gasteiger partial charge < -0.3 is 10.2 Å². The van der Waals surface area contributed by atoms with E-state index in [1.807, 2.05) is 6.07 Å². The highest BCUT2D eigenvalue weighted by Gasteiger charge is 2.19. The molecular weight excluding hydrogens is 308 g/mol. The molecule has 0 saturated carbocycles. The van der Waals surface area contributed by atoms with E-state index in [1.54, 1.807) is 50.4 Å². The summed E-state index contributed by atoms with van der Waals surface area (Å²) in [4.78, 5) is 24.2. The zero-order chi connectivity index (χ0) is 17.7. The second-order valence-electron chi connectivity index (χ2n) is 5.26. The number of non-ortho nitro benzene ring substituents is 1. The van der Waals surface area contributed by atoms with E-state index in [1.165, 1.54) is 17.0 Å². The van der Waals surface area contributed by atoms with Crippen LogP contribution in [0.1, 0.15) is 24.1 Å². The Hall–Kier alpha value is -3.40. The minimum atomic E-state index is -0.465. The third-order valence-electron chi connectivity index (χ3n) is 3.73. The molecule has 0 radical (unpaired) electrons. The van der Waals surface area contributed by atoms with E-state index in [0.29, 0.717) is 16.8 Å². The lowest BCUT2D eigenvalue weighted by molar-refractivity contribution is -0.384. The Bertz CT molecular complexity index is 796. The number of nitro benzene ring substituents is 1. The minimum absolute atomic E-state index is 0.0137. The standard InChI is InChI=1S/C17H16N4O3/c1-12(14-4-3-5-16(10-14)21(23)24)20(2)17(22)19-15-8-6-13(11-18)7-9-15/h3-10,12H,1-2H3,(H,19,22)/t12-/m0/s1. The summed E-state index contributed by atoms with van der Waals surface area (Å²) in [6, 6.07) is 14.0. The van der Waals surface area contributed by atoms with Gasteiger partial charge in [-0.2, -0.15) is 5.26 Å². The fourth-order valence-electron chi connectivity index (χ4n) is 2.14. The summed E-state index contributed by atoms with van der Waals surface area (Å²) in [7, 11) is 1.61. The van der Waals surface area contributed by atoms with E-state index in [0.717, 1.165) is 0 Å². The quantitative estimate of drug-likeness (QED) is 0.684. The van der Waals surface area contributed by atoms with Gasteiger partial charge in [0.1, 0.15) is 0 Å². The van der Waals surface area contributed by atoms with Crippen LogP contribution >= 0.6 is 0 Å². The van der Waals surface area contributed by atoms with Crippen LogP contribution in [0, 0.1) is 21.4 Å². The van der Waals surface area contributed by atoms with E-state index >= 15 is 0 Å². The second-order valence-corrected chi connectivity index (χ2v) is 5.26. The molecule has 1 atom stereocenters. The number of carbonyl (C=O) groups excluding carboxylic acids is 1. The second kappa shape index (κ2) is 7.24. The van der Waals surface area contributed by atoms with Gasteiger partial charge in [-0.1, -0.05) is 12.1 Å². The minimum Gasteiger partial charge on any atom is -0.321 e. The summed E-state index contributed by atoms with van der Waals surface area (Å²) in [6.07, 6.45) is 0. The number of nitrogens with one attached hydrogen (secondary N) is 1. The molecule has 2 rings (SSSR count). The Morgan fingerprint density at radius 1 is 1.29 bits per heavy atom. The summed E-state index contributed by atoms with van der Waals surface area (Å²) in [6.45, 7) is 1.79. The molecule has 0 aromatic heterocycles. The molecule has 2 amide bonds. The van der Waals surface area contributed by atoms with E-state index in [2.05, 4.69) is 5.32 Å². The third-order valence-corrected chi connectivity index (χ3v) is 3.73. The van der Waals surface area contributed by atoms with Crippen LogP contribution in [0.3, 0.4) is 0 Å². The normalized spacial score (nSPS) is 11.2. The van der Waals surface area contributed by atoms with Crippen LogP contribution < -0.4 is 5.32 Å². The van der Waals surface area contributed by atoms with Crippen molar-refractivity contribution < 1.29 is 9.72 Å². The number of hydrogen-bond acceptors (Lipinski definition) is 4. The molecule has 2 aromatic rings. The number of rotatable bonds is 4. The van der Waals surface area contributed by atoms with Crippen molar-refractivity contribution in [3.8, 4) is 6.07 Å². The number of urea groups is 1. The van der Waals surface area contributed by atoms with Gasteiger partial charge in [0, 0.05) is 24.9 Å². The maximum Gasteiger partial charge on any atom is 0.322 e. The van der Waals surface area contributed by atoms with Crippen molar-refractivity contribution in [2.75, 3.05) is 12.4 Å². The highest BCUT2D eigenvalue weighted by molar-refractivity contribution is 5.89. The lowest BCUT2D eigenvalue weighted by Gasteiger charge is -2.25. The van der Waals surface area contributed by atoms with Crippen molar-refractivity contribution in [3.63, 3.8) is 0 Å². The van der Waals surface area contributed by atoms with Gasteiger partial charge in [-0.25, -0.2) is 4.79 Å². The monoisotopic (exact) mass is 324 g/mol. The summed E-state index contributed by atoms with van der Waals surface area (Å²) in [5, 5.41) is 22.4. The summed E-state index contributed by atoms with van der Waals surface area (Å²) < 4.78 is 0. The lowest BCUT2D eigenvalue weighted by Crippen LogP contribution is -2.33. The molecule has 0 unspecified atom stereocenters. The summed E-state index contributed by atoms with van der Waals surface area (Å²) in [5.41, 5.74) is 1.73. The Kier molecular flexibility index (Phi) is 5.12. The predicted octanol–water partition coefficient (Wildman–Crippen LogP) is 3.69. The summed E-state index contributed by atoms with van der Waals surface area (Å²) in [5.74, 6) is 0. The molecule has 122 valence electrons. The van der Waals surface area contributed by atoms with Crippen molar-refractivity contribution in [1.29, 1.82) is 5.26 Å². The number of amides is 2. The van der Waals surface area contributed by atoms with Crippen LogP contribution in [0.4, 0.5) is 16.2 Å². The number of anilines is 1. The molecule has 0 heterocycles. The first-order valence-electron chi connectivity index (χ1n) is 7.20. The molecule has 7 heteroatoms. The van der Waals surface area contributed by atoms with Crippen LogP contribution in [0.15, 0.2) is 48.5 Å². The topological polar surface area (TPSA) is 99.3 Å². The molecule has 0 fully saturated rings. The molecule has 0 saturated heterocycles. The van der Waals surface area contributed by atoms with Crippen molar-refractivity contribution in [2.24, 2.45) is 0 Å². The SMILES string of the molecule is C[C@@H](c1cccc([N+](=O)[O-])c1)N(C)C(=O)Nc1ccc(C#N)cc1. The summed E-state index contributed by atoms with van der Waals surface area (Å²) >= 11 is 0. The maximum atomic E-state index is 12.3. The van der Waals surface area contributed by atoms with Crippen LogP contribution in [-0.4, -0.2) is 22.9 Å². The number of benzene rings is 2. The number of nitro groups is 1. The first-order chi connectivity index (χ1) is 11.4. The van der Waals surface area contributed by atoms with Gasteiger partial charge in [-0.05, 0) is 36.8 Å².